The first-order valence-corrected chi connectivity index (χ1v) is 8.12. The van der Waals surface area contributed by atoms with Crippen LogP contribution in [0.15, 0.2) is 34.9 Å². The maximum absolute atomic E-state index is 12.6. The number of hydrogen-bond donors (Lipinski definition) is 0. The molecule has 122 valence electrons. The number of carbonyl (C=O) groups excluding carboxylic acids is 1. The molecule has 5 heteroatoms. The largest absolute Gasteiger partial charge is 0.360 e. The van der Waals surface area contributed by atoms with Crippen LogP contribution in [0.25, 0.3) is 0 Å². The highest BCUT2D eigenvalue weighted by atomic mass is 16.5. The lowest BCUT2D eigenvalue weighted by Gasteiger charge is -2.34. The van der Waals surface area contributed by atoms with Gasteiger partial charge in [-0.3, -0.25) is 4.79 Å². The van der Waals surface area contributed by atoms with Crippen LogP contribution >= 0.6 is 0 Å². The van der Waals surface area contributed by atoms with Crippen molar-refractivity contribution in [2.45, 2.75) is 26.7 Å². The van der Waals surface area contributed by atoms with Crippen molar-refractivity contribution in [1.29, 1.82) is 0 Å². The first kappa shape index (κ1) is 15.6. The highest BCUT2D eigenvalue weighted by Gasteiger charge is 2.23. The summed E-state index contributed by atoms with van der Waals surface area (Å²) in [5, 5.41) is 4.04. The molecule has 0 N–H and O–H groups in total. The van der Waals surface area contributed by atoms with Crippen LogP contribution in [0, 0.1) is 6.92 Å². The number of nitrogens with zero attached hydrogens (tertiary/aromatic N) is 3. The summed E-state index contributed by atoms with van der Waals surface area (Å²) in [5.74, 6) is 2.25. The molecule has 1 aliphatic rings. The van der Waals surface area contributed by atoms with Gasteiger partial charge in [0.15, 0.2) is 5.82 Å². The highest BCUT2D eigenvalue weighted by Crippen LogP contribution is 2.18. The molecule has 0 radical (unpaired) electrons. The van der Waals surface area contributed by atoms with Gasteiger partial charge in [-0.05, 0) is 30.5 Å². The van der Waals surface area contributed by atoms with Gasteiger partial charge >= 0.3 is 0 Å². The average Bonchev–Trinajstić information content (AvgIpc) is 3.01. The van der Waals surface area contributed by atoms with Crippen LogP contribution in [-0.2, 0) is 0 Å². The standard InChI is InChI=1S/C18H23N3O2/c1-13(2)15-4-6-16(7-5-15)18(22)21-10-8-20(9-11-21)17-12-14(3)23-19-17/h4-7,12-13H,8-11H2,1-3H3. The van der Waals surface area contributed by atoms with Gasteiger partial charge in [-0.25, -0.2) is 0 Å². The van der Waals surface area contributed by atoms with Crippen LogP contribution < -0.4 is 4.90 Å². The average molecular weight is 313 g/mol. The molecule has 1 aromatic heterocycles. The third-order valence-corrected chi connectivity index (χ3v) is 4.33. The Morgan fingerprint density at radius 3 is 2.30 bits per heavy atom. The zero-order chi connectivity index (χ0) is 16.4. The Hall–Kier alpha value is -2.30. The molecule has 2 aromatic rings. The van der Waals surface area contributed by atoms with Gasteiger partial charge in [0.2, 0.25) is 0 Å². The number of aromatic nitrogens is 1. The molecule has 0 bridgehead atoms. The van der Waals surface area contributed by atoms with E-state index in [1.165, 1.54) is 5.56 Å². The number of anilines is 1. The fourth-order valence-electron chi connectivity index (χ4n) is 2.83. The van der Waals surface area contributed by atoms with Crippen molar-refractivity contribution in [3.63, 3.8) is 0 Å². The first-order chi connectivity index (χ1) is 11.0. The van der Waals surface area contributed by atoms with E-state index in [1.807, 2.05) is 42.2 Å². The second-order valence-electron chi connectivity index (χ2n) is 6.35. The van der Waals surface area contributed by atoms with E-state index in [9.17, 15) is 4.79 Å². The molecule has 0 atom stereocenters. The predicted molar refractivity (Wildman–Crippen MR) is 89.9 cm³/mol. The quantitative estimate of drug-likeness (QED) is 0.874. The zero-order valence-electron chi connectivity index (χ0n) is 14.0. The van der Waals surface area contributed by atoms with Crippen molar-refractivity contribution >= 4 is 11.7 Å². The van der Waals surface area contributed by atoms with Crippen LogP contribution in [0.2, 0.25) is 0 Å². The third-order valence-electron chi connectivity index (χ3n) is 4.33. The lowest BCUT2D eigenvalue weighted by atomic mass is 10.0. The summed E-state index contributed by atoms with van der Waals surface area (Å²) >= 11 is 0. The Kier molecular flexibility index (Phi) is 4.37. The van der Waals surface area contributed by atoms with Crippen LogP contribution in [0.3, 0.4) is 0 Å². The molecule has 1 aliphatic heterocycles. The number of amides is 1. The van der Waals surface area contributed by atoms with Crippen molar-refractivity contribution in [3.05, 3.63) is 47.2 Å². The van der Waals surface area contributed by atoms with Crippen LogP contribution in [0.1, 0.15) is 41.4 Å². The summed E-state index contributed by atoms with van der Waals surface area (Å²) in [4.78, 5) is 16.7. The van der Waals surface area contributed by atoms with Crippen molar-refractivity contribution in [2.75, 3.05) is 31.1 Å². The summed E-state index contributed by atoms with van der Waals surface area (Å²) in [7, 11) is 0. The van der Waals surface area contributed by atoms with Gasteiger partial charge in [-0.1, -0.05) is 31.1 Å². The molecule has 0 saturated carbocycles. The minimum absolute atomic E-state index is 0.108. The fourth-order valence-corrected chi connectivity index (χ4v) is 2.83. The van der Waals surface area contributed by atoms with Crippen molar-refractivity contribution in [3.8, 4) is 0 Å². The topological polar surface area (TPSA) is 49.6 Å². The van der Waals surface area contributed by atoms with Gasteiger partial charge < -0.3 is 14.3 Å². The first-order valence-electron chi connectivity index (χ1n) is 8.12. The van der Waals surface area contributed by atoms with Crippen molar-refractivity contribution in [1.82, 2.24) is 10.1 Å². The molecule has 23 heavy (non-hydrogen) atoms. The molecule has 0 aliphatic carbocycles. The molecule has 1 aromatic carbocycles. The van der Waals surface area contributed by atoms with Crippen LogP contribution in [0.5, 0.6) is 0 Å². The molecule has 0 unspecified atom stereocenters. The number of piperazine rings is 1. The van der Waals surface area contributed by atoms with E-state index in [2.05, 4.69) is 23.9 Å². The SMILES string of the molecule is Cc1cc(N2CCN(C(=O)c3ccc(C(C)C)cc3)CC2)no1. The van der Waals surface area contributed by atoms with Gasteiger partial charge in [0.25, 0.3) is 5.91 Å². The molecule has 5 nitrogen and oxygen atoms in total. The Balaban J connectivity index is 1.61. The maximum Gasteiger partial charge on any atom is 0.253 e. The number of benzene rings is 1. The van der Waals surface area contributed by atoms with E-state index in [1.54, 1.807) is 0 Å². The summed E-state index contributed by atoms with van der Waals surface area (Å²) in [6.45, 7) is 9.16. The second kappa shape index (κ2) is 6.44. The third kappa shape index (κ3) is 3.38. The second-order valence-corrected chi connectivity index (χ2v) is 6.35. The van der Waals surface area contributed by atoms with E-state index in [0.29, 0.717) is 19.0 Å². The maximum atomic E-state index is 12.6. The molecule has 2 heterocycles. The highest BCUT2D eigenvalue weighted by molar-refractivity contribution is 5.94. The fraction of sp³-hybridized carbons (Fsp3) is 0.444. The Bertz CT molecular complexity index is 668. The zero-order valence-corrected chi connectivity index (χ0v) is 14.0. The number of carbonyl (C=O) groups is 1. The van der Waals surface area contributed by atoms with Crippen LogP contribution in [-0.4, -0.2) is 42.1 Å². The minimum atomic E-state index is 0.108. The Morgan fingerprint density at radius 1 is 1.13 bits per heavy atom. The Labute approximate surface area is 136 Å². The van der Waals surface area contributed by atoms with Gasteiger partial charge in [0.05, 0.1) is 0 Å². The molecule has 1 saturated heterocycles. The number of rotatable bonds is 3. The minimum Gasteiger partial charge on any atom is -0.360 e. The van der Waals surface area contributed by atoms with E-state index in [4.69, 9.17) is 4.52 Å². The number of aryl methyl sites for hydroxylation is 1. The molecule has 1 fully saturated rings. The molecular formula is C18H23N3O2. The Morgan fingerprint density at radius 2 is 1.78 bits per heavy atom. The predicted octanol–water partition coefficient (Wildman–Crippen LogP) is 3.07. The lowest BCUT2D eigenvalue weighted by molar-refractivity contribution is 0.0746. The molecule has 0 spiro atoms. The normalized spacial score (nSPS) is 15.3. The van der Waals surface area contributed by atoms with E-state index in [-0.39, 0.29) is 5.91 Å². The van der Waals surface area contributed by atoms with Crippen molar-refractivity contribution in [2.24, 2.45) is 0 Å². The summed E-state index contributed by atoms with van der Waals surface area (Å²) in [6.07, 6.45) is 0. The summed E-state index contributed by atoms with van der Waals surface area (Å²) in [5.41, 5.74) is 2.02. The summed E-state index contributed by atoms with van der Waals surface area (Å²) < 4.78 is 5.12. The molecule has 1 amide bonds. The van der Waals surface area contributed by atoms with Gasteiger partial charge in [0, 0.05) is 37.8 Å². The lowest BCUT2D eigenvalue weighted by Crippen LogP contribution is -2.48. The van der Waals surface area contributed by atoms with E-state index < -0.39 is 0 Å². The summed E-state index contributed by atoms with van der Waals surface area (Å²) in [6, 6.07) is 9.90. The molecule has 3 rings (SSSR count). The smallest absolute Gasteiger partial charge is 0.253 e. The molecular weight excluding hydrogens is 290 g/mol. The van der Waals surface area contributed by atoms with Crippen molar-refractivity contribution < 1.29 is 9.32 Å². The van der Waals surface area contributed by atoms with E-state index >= 15 is 0 Å². The monoisotopic (exact) mass is 313 g/mol. The van der Waals surface area contributed by atoms with Gasteiger partial charge in [0.1, 0.15) is 5.76 Å². The number of hydrogen-bond acceptors (Lipinski definition) is 4. The van der Waals surface area contributed by atoms with E-state index in [0.717, 1.165) is 30.2 Å². The van der Waals surface area contributed by atoms with Gasteiger partial charge in [-0.2, -0.15) is 0 Å². The van der Waals surface area contributed by atoms with Crippen LogP contribution in [0.4, 0.5) is 5.82 Å². The van der Waals surface area contributed by atoms with Gasteiger partial charge in [-0.15, -0.1) is 0 Å².